The van der Waals surface area contributed by atoms with Crippen molar-refractivity contribution in [2.45, 2.75) is 12.8 Å². The zero-order valence-electron chi connectivity index (χ0n) is 11.7. The van der Waals surface area contributed by atoms with E-state index < -0.39 is 0 Å². The molecule has 0 aromatic heterocycles. The lowest BCUT2D eigenvalue weighted by Crippen LogP contribution is -2.28. The van der Waals surface area contributed by atoms with Crippen molar-refractivity contribution in [1.82, 2.24) is 5.32 Å². The molecular formula is C17H18BrNO2. The van der Waals surface area contributed by atoms with E-state index in [2.05, 4.69) is 21.2 Å². The Morgan fingerprint density at radius 3 is 2.52 bits per heavy atom. The van der Waals surface area contributed by atoms with Crippen LogP contribution < -0.4 is 10.1 Å². The first-order chi connectivity index (χ1) is 10.3. The van der Waals surface area contributed by atoms with Crippen molar-refractivity contribution < 1.29 is 9.53 Å². The van der Waals surface area contributed by atoms with Gasteiger partial charge in [-0.3, -0.25) is 4.79 Å². The molecule has 0 aliphatic heterocycles. The highest BCUT2D eigenvalue weighted by molar-refractivity contribution is 9.10. The molecule has 0 saturated carbocycles. The minimum absolute atomic E-state index is 0.0439. The molecule has 4 heteroatoms. The Morgan fingerprint density at radius 1 is 1.05 bits per heavy atom. The Bertz CT molecular complexity index is 572. The van der Waals surface area contributed by atoms with Gasteiger partial charge in [-0.1, -0.05) is 52.3 Å². The summed E-state index contributed by atoms with van der Waals surface area (Å²) in [6, 6.07) is 17.5. The molecule has 0 heterocycles. The van der Waals surface area contributed by atoms with Gasteiger partial charge in [0.25, 0.3) is 0 Å². The number of carbonyl (C=O) groups excluding carboxylic acids is 1. The summed E-state index contributed by atoms with van der Waals surface area (Å²) in [6.07, 6.45) is 1.21. The second-order valence-electron chi connectivity index (χ2n) is 4.60. The predicted octanol–water partition coefficient (Wildman–Crippen LogP) is 3.58. The third-order valence-electron chi connectivity index (χ3n) is 3.02. The number of benzene rings is 2. The van der Waals surface area contributed by atoms with Crippen molar-refractivity contribution >= 4 is 21.8 Å². The minimum atomic E-state index is 0.0439. The van der Waals surface area contributed by atoms with Crippen LogP contribution in [-0.4, -0.2) is 19.1 Å². The Labute approximate surface area is 133 Å². The fraction of sp³-hybridized carbons (Fsp3) is 0.235. The lowest BCUT2D eigenvalue weighted by molar-refractivity contribution is -0.121. The molecule has 0 fully saturated rings. The molecule has 0 spiro atoms. The molecule has 0 atom stereocenters. The van der Waals surface area contributed by atoms with Crippen LogP contribution in [0.1, 0.15) is 12.0 Å². The first-order valence-corrected chi connectivity index (χ1v) is 7.73. The maximum absolute atomic E-state index is 11.8. The van der Waals surface area contributed by atoms with Crippen LogP contribution in [0, 0.1) is 0 Å². The largest absolute Gasteiger partial charge is 0.492 e. The van der Waals surface area contributed by atoms with Crippen molar-refractivity contribution in [2.75, 3.05) is 13.2 Å². The summed E-state index contributed by atoms with van der Waals surface area (Å²) < 4.78 is 6.56. The van der Waals surface area contributed by atoms with E-state index in [-0.39, 0.29) is 5.91 Å². The molecule has 2 aromatic carbocycles. The number of para-hydroxylation sites is 1. The number of nitrogens with one attached hydrogen (secondary N) is 1. The highest BCUT2D eigenvalue weighted by atomic mass is 79.9. The molecule has 0 aliphatic rings. The third-order valence-corrected chi connectivity index (χ3v) is 3.79. The van der Waals surface area contributed by atoms with Gasteiger partial charge in [-0.2, -0.15) is 0 Å². The molecule has 0 radical (unpaired) electrons. The third kappa shape index (κ3) is 5.60. The number of hydrogen-bond acceptors (Lipinski definition) is 2. The molecular weight excluding hydrogens is 330 g/mol. The van der Waals surface area contributed by atoms with Gasteiger partial charge in [0.2, 0.25) is 5.91 Å². The van der Waals surface area contributed by atoms with E-state index in [4.69, 9.17) is 4.74 Å². The van der Waals surface area contributed by atoms with E-state index in [0.29, 0.717) is 19.6 Å². The topological polar surface area (TPSA) is 38.3 Å². The maximum atomic E-state index is 11.8. The van der Waals surface area contributed by atoms with E-state index in [1.165, 1.54) is 0 Å². The number of amides is 1. The standard InChI is InChI=1S/C17H18BrNO2/c18-16-9-5-4-6-14(16)10-11-17(20)19-12-13-21-15-7-2-1-3-8-15/h1-9H,10-13H2,(H,19,20). The van der Waals surface area contributed by atoms with Crippen molar-refractivity contribution in [3.8, 4) is 5.75 Å². The highest BCUT2D eigenvalue weighted by Gasteiger charge is 2.04. The van der Waals surface area contributed by atoms with Gasteiger partial charge < -0.3 is 10.1 Å². The van der Waals surface area contributed by atoms with Gasteiger partial charge in [-0.25, -0.2) is 0 Å². The number of hydrogen-bond donors (Lipinski definition) is 1. The van der Waals surface area contributed by atoms with Crippen LogP contribution in [0.2, 0.25) is 0 Å². The molecule has 0 aliphatic carbocycles. The van der Waals surface area contributed by atoms with Crippen molar-refractivity contribution in [3.05, 3.63) is 64.6 Å². The average Bonchev–Trinajstić information content (AvgIpc) is 2.52. The van der Waals surface area contributed by atoms with Gasteiger partial charge >= 0.3 is 0 Å². The van der Waals surface area contributed by atoms with Crippen molar-refractivity contribution in [2.24, 2.45) is 0 Å². The quantitative estimate of drug-likeness (QED) is 0.777. The van der Waals surface area contributed by atoms with Crippen LogP contribution in [0.5, 0.6) is 5.75 Å². The summed E-state index contributed by atoms with van der Waals surface area (Å²) >= 11 is 3.48. The van der Waals surface area contributed by atoms with Gasteiger partial charge in [0, 0.05) is 10.9 Å². The molecule has 2 rings (SSSR count). The first kappa shape index (κ1) is 15.6. The van der Waals surface area contributed by atoms with E-state index in [0.717, 1.165) is 22.2 Å². The number of halogens is 1. The first-order valence-electron chi connectivity index (χ1n) is 6.93. The molecule has 1 N–H and O–H groups in total. The number of aryl methyl sites for hydroxylation is 1. The van der Waals surface area contributed by atoms with Crippen LogP contribution in [0.15, 0.2) is 59.1 Å². The second kappa shape index (κ2) is 8.47. The monoisotopic (exact) mass is 347 g/mol. The molecule has 3 nitrogen and oxygen atoms in total. The minimum Gasteiger partial charge on any atom is -0.492 e. The summed E-state index contributed by atoms with van der Waals surface area (Å²) in [5.74, 6) is 0.863. The second-order valence-corrected chi connectivity index (χ2v) is 5.46. The van der Waals surface area contributed by atoms with E-state index in [1.54, 1.807) is 0 Å². The zero-order chi connectivity index (χ0) is 14.9. The fourth-order valence-electron chi connectivity index (χ4n) is 1.91. The Balaban J connectivity index is 1.63. The summed E-state index contributed by atoms with van der Waals surface area (Å²) in [6.45, 7) is 0.995. The molecule has 2 aromatic rings. The van der Waals surface area contributed by atoms with Gasteiger partial charge in [-0.05, 0) is 30.2 Å². The number of rotatable bonds is 7. The van der Waals surface area contributed by atoms with E-state index >= 15 is 0 Å². The average molecular weight is 348 g/mol. The van der Waals surface area contributed by atoms with Crippen LogP contribution in [0.25, 0.3) is 0 Å². The summed E-state index contributed by atoms with van der Waals surface area (Å²) in [5, 5.41) is 2.86. The van der Waals surface area contributed by atoms with Gasteiger partial charge in [0.05, 0.1) is 6.54 Å². The molecule has 110 valence electrons. The molecule has 0 bridgehead atoms. The number of ether oxygens (including phenoxy) is 1. The molecule has 0 saturated heterocycles. The van der Waals surface area contributed by atoms with Gasteiger partial charge in [-0.15, -0.1) is 0 Å². The predicted molar refractivity (Wildman–Crippen MR) is 87.4 cm³/mol. The normalized spacial score (nSPS) is 10.1. The highest BCUT2D eigenvalue weighted by Crippen LogP contribution is 2.17. The summed E-state index contributed by atoms with van der Waals surface area (Å²) in [5.41, 5.74) is 1.15. The molecule has 21 heavy (non-hydrogen) atoms. The molecule has 1 amide bonds. The smallest absolute Gasteiger partial charge is 0.220 e. The molecule has 0 unspecified atom stereocenters. The van der Waals surface area contributed by atoms with Gasteiger partial charge in [0.15, 0.2) is 0 Å². The maximum Gasteiger partial charge on any atom is 0.220 e. The van der Waals surface area contributed by atoms with Crippen molar-refractivity contribution in [1.29, 1.82) is 0 Å². The Kier molecular flexibility index (Phi) is 6.28. The van der Waals surface area contributed by atoms with Crippen LogP contribution >= 0.6 is 15.9 Å². The van der Waals surface area contributed by atoms with E-state index in [9.17, 15) is 4.79 Å². The zero-order valence-corrected chi connectivity index (χ0v) is 13.3. The Morgan fingerprint density at radius 2 is 1.76 bits per heavy atom. The van der Waals surface area contributed by atoms with Crippen LogP contribution in [-0.2, 0) is 11.2 Å². The Hall–Kier alpha value is -1.81. The lowest BCUT2D eigenvalue weighted by Gasteiger charge is -2.08. The SMILES string of the molecule is O=C(CCc1ccccc1Br)NCCOc1ccccc1. The van der Waals surface area contributed by atoms with Crippen molar-refractivity contribution in [3.63, 3.8) is 0 Å². The van der Waals surface area contributed by atoms with E-state index in [1.807, 2.05) is 54.6 Å². The van der Waals surface area contributed by atoms with Crippen LogP contribution in [0.3, 0.4) is 0 Å². The summed E-state index contributed by atoms with van der Waals surface area (Å²) in [4.78, 5) is 11.8. The van der Waals surface area contributed by atoms with Gasteiger partial charge in [0.1, 0.15) is 12.4 Å². The van der Waals surface area contributed by atoms with Crippen LogP contribution in [0.4, 0.5) is 0 Å². The lowest BCUT2D eigenvalue weighted by atomic mass is 10.1. The fourth-order valence-corrected chi connectivity index (χ4v) is 2.40. The number of carbonyl (C=O) groups is 1. The summed E-state index contributed by atoms with van der Waals surface area (Å²) in [7, 11) is 0.